The molecule has 5 heteroatoms. The maximum atomic E-state index is 11.4. The van der Waals surface area contributed by atoms with Crippen molar-refractivity contribution >= 4 is 22.6 Å². The van der Waals surface area contributed by atoms with E-state index in [2.05, 4.69) is 9.97 Å². The molecule has 4 nitrogen and oxygen atoms in total. The van der Waals surface area contributed by atoms with Gasteiger partial charge in [-0.15, -0.1) is 11.6 Å². The van der Waals surface area contributed by atoms with E-state index in [-0.39, 0.29) is 5.38 Å². The molecule has 0 radical (unpaired) electrons. The summed E-state index contributed by atoms with van der Waals surface area (Å²) in [5.41, 5.74) is 1.05. The molecule has 0 saturated heterocycles. The normalized spacial score (nSPS) is 29.4. The van der Waals surface area contributed by atoms with Gasteiger partial charge in [-0.2, -0.15) is 0 Å². The Labute approximate surface area is 120 Å². The van der Waals surface area contributed by atoms with Gasteiger partial charge in [0.05, 0.1) is 16.4 Å². The van der Waals surface area contributed by atoms with E-state index >= 15 is 0 Å². The van der Waals surface area contributed by atoms with Crippen LogP contribution in [0.3, 0.4) is 0 Å². The number of nitrogens with one attached hydrogen (secondary N) is 2. The summed E-state index contributed by atoms with van der Waals surface area (Å²) in [6.45, 7) is 0. The van der Waals surface area contributed by atoms with Gasteiger partial charge in [0.15, 0.2) is 0 Å². The molecular formula is C15H15ClN2O2. The van der Waals surface area contributed by atoms with E-state index in [4.69, 9.17) is 11.6 Å². The zero-order valence-electron chi connectivity index (χ0n) is 10.9. The Morgan fingerprint density at radius 1 is 1.00 bits per heavy atom. The molecule has 0 amide bonds. The number of rotatable bonds is 2. The van der Waals surface area contributed by atoms with E-state index in [1.807, 2.05) is 18.2 Å². The fourth-order valence-corrected chi connectivity index (χ4v) is 3.92. The lowest BCUT2D eigenvalue weighted by molar-refractivity contribution is 0.471. The van der Waals surface area contributed by atoms with Crippen LogP contribution in [0.5, 0.6) is 0 Å². The topological polar surface area (TPSA) is 65.7 Å². The van der Waals surface area contributed by atoms with Crippen molar-refractivity contribution in [1.82, 2.24) is 9.97 Å². The Morgan fingerprint density at radius 3 is 2.35 bits per heavy atom. The Morgan fingerprint density at radius 2 is 1.65 bits per heavy atom. The number of halogens is 1. The Bertz CT molecular complexity index is 784. The second-order valence-corrected chi connectivity index (χ2v) is 6.57. The molecule has 2 aliphatic carbocycles. The van der Waals surface area contributed by atoms with Crippen LogP contribution in [-0.2, 0) is 0 Å². The van der Waals surface area contributed by atoms with Crippen molar-refractivity contribution < 1.29 is 0 Å². The van der Waals surface area contributed by atoms with Crippen LogP contribution in [0.15, 0.2) is 27.8 Å². The molecule has 3 atom stereocenters. The van der Waals surface area contributed by atoms with Crippen LogP contribution in [0.4, 0.5) is 0 Å². The van der Waals surface area contributed by atoms with Crippen molar-refractivity contribution in [3.8, 4) is 0 Å². The minimum atomic E-state index is -0.622. The first-order chi connectivity index (χ1) is 9.61. The zero-order valence-corrected chi connectivity index (χ0v) is 11.6. The molecule has 104 valence electrons. The number of H-pyrrole nitrogens is 2. The van der Waals surface area contributed by atoms with Crippen LogP contribution in [0.1, 0.15) is 30.2 Å². The van der Waals surface area contributed by atoms with Gasteiger partial charge in [0.2, 0.25) is 0 Å². The quantitative estimate of drug-likeness (QED) is 0.659. The molecule has 0 spiro atoms. The van der Waals surface area contributed by atoms with Crippen molar-refractivity contribution in [2.75, 3.05) is 0 Å². The molecule has 0 bridgehead atoms. The van der Waals surface area contributed by atoms with Crippen molar-refractivity contribution in [1.29, 1.82) is 0 Å². The van der Waals surface area contributed by atoms with Gasteiger partial charge in [0.25, 0.3) is 0 Å². The average Bonchev–Trinajstić information content (AvgIpc) is 3.05. The number of fused-ring (bicyclic) bond motifs is 2. The fourth-order valence-electron chi connectivity index (χ4n) is 3.58. The van der Waals surface area contributed by atoms with Crippen LogP contribution in [0.2, 0.25) is 0 Å². The summed E-state index contributed by atoms with van der Waals surface area (Å²) in [4.78, 5) is 27.8. The van der Waals surface area contributed by atoms with Crippen molar-refractivity contribution in [3.63, 3.8) is 0 Å². The predicted octanol–water partition coefficient (Wildman–Crippen LogP) is 2.54. The summed E-state index contributed by atoms with van der Waals surface area (Å²) in [7, 11) is 0. The minimum Gasteiger partial charge on any atom is -0.316 e. The Hall–Kier alpha value is -1.55. The summed E-state index contributed by atoms with van der Waals surface area (Å²) >= 11 is 6.61. The van der Waals surface area contributed by atoms with Gasteiger partial charge < -0.3 is 9.97 Å². The van der Waals surface area contributed by atoms with E-state index in [1.165, 1.54) is 19.3 Å². The summed E-state index contributed by atoms with van der Waals surface area (Å²) in [6, 6.07) is 5.64. The Kier molecular flexibility index (Phi) is 2.58. The molecule has 2 fully saturated rings. The van der Waals surface area contributed by atoms with Gasteiger partial charge in [0, 0.05) is 0 Å². The molecular weight excluding hydrogens is 276 g/mol. The first-order valence-corrected chi connectivity index (χ1v) is 7.46. The lowest BCUT2D eigenvalue weighted by atomic mass is 9.94. The van der Waals surface area contributed by atoms with Crippen LogP contribution < -0.4 is 11.1 Å². The van der Waals surface area contributed by atoms with Crippen LogP contribution in [-0.4, -0.2) is 9.97 Å². The van der Waals surface area contributed by atoms with E-state index < -0.39 is 11.1 Å². The first kappa shape index (κ1) is 12.2. The van der Waals surface area contributed by atoms with Gasteiger partial charge in [0.1, 0.15) is 0 Å². The molecule has 3 unspecified atom stereocenters. The molecule has 2 aliphatic rings. The summed E-state index contributed by atoms with van der Waals surface area (Å²) in [5.74, 6) is 2.34. The minimum absolute atomic E-state index is 0.0115. The van der Waals surface area contributed by atoms with E-state index in [9.17, 15) is 9.59 Å². The van der Waals surface area contributed by atoms with Gasteiger partial charge >= 0.3 is 11.1 Å². The smallest absolute Gasteiger partial charge is 0.314 e. The molecule has 1 aromatic heterocycles. The average molecular weight is 291 g/mol. The van der Waals surface area contributed by atoms with E-state index in [1.54, 1.807) is 0 Å². The highest BCUT2D eigenvalue weighted by atomic mass is 35.5. The maximum Gasteiger partial charge on any atom is 0.314 e. The number of hydrogen-bond acceptors (Lipinski definition) is 2. The predicted molar refractivity (Wildman–Crippen MR) is 78.1 cm³/mol. The second-order valence-electron chi connectivity index (χ2n) is 6.10. The van der Waals surface area contributed by atoms with Crippen molar-refractivity contribution in [2.45, 2.75) is 24.6 Å². The van der Waals surface area contributed by atoms with Crippen molar-refractivity contribution in [2.24, 2.45) is 17.8 Å². The zero-order chi connectivity index (χ0) is 13.9. The van der Waals surface area contributed by atoms with E-state index in [0.717, 1.165) is 17.4 Å². The third-order valence-electron chi connectivity index (χ3n) is 4.76. The largest absolute Gasteiger partial charge is 0.316 e. The number of alkyl halides is 1. The third-order valence-corrected chi connectivity index (χ3v) is 5.37. The van der Waals surface area contributed by atoms with Gasteiger partial charge in [-0.25, -0.2) is 0 Å². The maximum absolute atomic E-state index is 11.4. The number of aromatic nitrogens is 2. The molecule has 1 heterocycles. The van der Waals surface area contributed by atoms with Crippen molar-refractivity contribution in [3.05, 3.63) is 44.5 Å². The van der Waals surface area contributed by atoms with E-state index in [0.29, 0.717) is 17.0 Å². The molecule has 20 heavy (non-hydrogen) atoms. The lowest BCUT2D eigenvalue weighted by Crippen LogP contribution is -2.28. The number of aromatic amines is 2. The first-order valence-electron chi connectivity index (χ1n) is 7.02. The van der Waals surface area contributed by atoms with Gasteiger partial charge in [-0.1, -0.05) is 6.07 Å². The van der Waals surface area contributed by atoms with Gasteiger partial charge in [-0.3, -0.25) is 9.59 Å². The fraction of sp³-hybridized carbons (Fsp3) is 0.467. The highest BCUT2D eigenvalue weighted by molar-refractivity contribution is 6.21. The molecule has 4 rings (SSSR count). The van der Waals surface area contributed by atoms with Crippen LogP contribution in [0, 0.1) is 17.8 Å². The Balaban J connectivity index is 1.71. The molecule has 0 aliphatic heterocycles. The molecule has 2 saturated carbocycles. The third kappa shape index (κ3) is 1.90. The van der Waals surface area contributed by atoms with Crippen LogP contribution >= 0.6 is 11.6 Å². The summed E-state index contributed by atoms with van der Waals surface area (Å²) in [6.07, 6.45) is 3.82. The highest BCUT2D eigenvalue weighted by Gasteiger charge is 2.47. The SMILES string of the molecule is O=c1[nH]c2ccc(C(Cl)C3CC4CC4C3)cc2[nH]c1=O. The number of benzene rings is 1. The highest BCUT2D eigenvalue weighted by Crippen LogP contribution is 2.58. The van der Waals surface area contributed by atoms with Gasteiger partial charge in [-0.05, 0) is 54.7 Å². The second kappa shape index (κ2) is 4.22. The molecule has 1 aromatic carbocycles. The monoisotopic (exact) mass is 290 g/mol. The molecule has 2 N–H and O–H groups in total. The number of hydrogen-bond donors (Lipinski definition) is 2. The standard InChI is InChI=1S/C15H15ClN2O2/c16-13(10-4-8-3-9(8)5-10)7-1-2-11-12(6-7)18-15(20)14(19)17-11/h1-2,6,8-10,13H,3-5H2,(H,17,19)(H,18,20). The summed E-state index contributed by atoms with van der Waals surface area (Å²) < 4.78 is 0. The van der Waals surface area contributed by atoms with Crippen LogP contribution in [0.25, 0.3) is 11.0 Å². The lowest BCUT2D eigenvalue weighted by Gasteiger charge is -2.19. The molecule has 2 aromatic rings. The summed E-state index contributed by atoms with van der Waals surface area (Å²) in [5, 5.41) is -0.0115.